The highest BCUT2D eigenvalue weighted by Gasteiger charge is 2.11. The molecule has 0 amide bonds. The predicted octanol–water partition coefficient (Wildman–Crippen LogP) is 1.83. The number of tetrazole rings is 1. The second-order valence-corrected chi connectivity index (χ2v) is 4.53. The molecule has 0 radical (unpaired) electrons. The first-order chi connectivity index (χ1) is 10.4. The van der Waals surface area contributed by atoms with Crippen LogP contribution in [0.3, 0.4) is 0 Å². The minimum atomic E-state index is 0.593. The second-order valence-electron chi connectivity index (χ2n) is 4.53. The Balaban J connectivity index is 1.93. The summed E-state index contributed by atoms with van der Waals surface area (Å²) in [5.74, 6) is 1.30. The van der Waals surface area contributed by atoms with Gasteiger partial charge in [-0.05, 0) is 17.8 Å². The van der Waals surface area contributed by atoms with Crippen LogP contribution in [0.4, 0.5) is 0 Å². The predicted molar refractivity (Wildman–Crippen MR) is 79.8 cm³/mol. The van der Waals surface area contributed by atoms with E-state index in [-0.39, 0.29) is 0 Å². The van der Waals surface area contributed by atoms with Crippen LogP contribution in [0.25, 0.3) is 17.2 Å². The summed E-state index contributed by atoms with van der Waals surface area (Å²) in [4.78, 5) is 5.85. The first kappa shape index (κ1) is 13.4. The molecule has 1 aromatic carbocycles. The van der Waals surface area contributed by atoms with Gasteiger partial charge >= 0.3 is 0 Å². The summed E-state index contributed by atoms with van der Waals surface area (Å²) in [5, 5.41) is 15.9. The molecule has 0 saturated heterocycles. The minimum Gasteiger partial charge on any atom is -0.313 e. The molecular formula is C15H16N6. The van der Waals surface area contributed by atoms with Gasteiger partial charge in [0, 0.05) is 23.9 Å². The summed E-state index contributed by atoms with van der Waals surface area (Å²) in [6, 6.07) is 13.7. The van der Waals surface area contributed by atoms with Gasteiger partial charge in [0.25, 0.3) is 0 Å². The average molecular weight is 280 g/mol. The van der Waals surface area contributed by atoms with Crippen molar-refractivity contribution in [1.82, 2.24) is 30.5 Å². The van der Waals surface area contributed by atoms with E-state index >= 15 is 0 Å². The molecule has 6 nitrogen and oxygen atoms in total. The number of nitrogens with zero attached hydrogens (tertiary/aromatic N) is 5. The Morgan fingerprint density at radius 3 is 2.76 bits per heavy atom. The molecule has 0 spiro atoms. The average Bonchev–Trinajstić information content (AvgIpc) is 3.04. The molecule has 0 aliphatic rings. The molecule has 0 aliphatic carbocycles. The van der Waals surface area contributed by atoms with Crippen molar-refractivity contribution in [3.05, 3.63) is 54.2 Å². The van der Waals surface area contributed by atoms with E-state index in [4.69, 9.17) is 0 Å². The van der Waals surface area contributed by atoms with Crippen molar-refractivity contribution >= 4 is 0 Å². The van der Waals surface area contributed by atoms with Crippen LogP contribution < -0.4 is 5.32 Å². The largest absolute Gasteiger partial charge is 0.313 e. The third-order valence-electron chi connectivity index (χ3n) is 3.07. The zero-order chi connectivity index (χ0) is 14.5. The van der Waals surface area contributed by atoms with Gasteiger partial charge in [-0.3, -0.25) is 0 Å². The fraction of sp³-hybridized carbons (Fsp3) is 0.200. The second kappa shape index (κ2) is 6.23. The van der Waals surface area contributed by atoms with Crippen molar-refractivity contribution in [3.63, 3.8) is 0 Å². The van der Waals surface area contributed by atoms with Crippen LogP contribution >= 0.6 is 0 Å². The lowest BCUT2D eigenvalue weighted by Crippen LogP contribution is -2.15. The summed E-state index contributed by atoms with van der Waals surface area (Å²) in [5.41, 5.74) is 1.98. The SMILES string of the molecule is CCNCc1cccnc1-n1nnc(-c2ccccc2)n1. The Morgan fingerprint density at radius 1 is 1.10 bits per heavy atom. The molecule has 0 saturated carbocycles. The monoisotopic (exact) mass is 280 g/mol. The first-order valence-electron chi connectivity index (χ1n) is 6.89. The molecular weight excluding hydrogens is 264 g/mol. The summed E-state index contributed by atoms with van der Waals surface area (Å²) >= 11 is 0. The topological polar surface area (TPSA) is 68.5 Å². The zero-order valence-corrected chi connectivity index (χ0v) is 11.8. The van der Waals surface area contributed by atoms with Gasteiger partial charge in [-0.2, -0.15) is 0 Å². The molecule has 0 fully saturated rings. The van der Waals surface area contributed by atoms with Crippen LogP contribution in [-0.2, 0) is 6.54 Å². The number of hydrogen-bond donors (Lipinski definition) is 1. The molecule has 3 rings (SSSR count). The number of pyridine rings is 1. The maximum Gasteiger partial charge on any atom is 0.205 e. The van der Waals surface area contributed by atoms with Crippen LogP contribution in [0.2, 0.25) is 0 Å². The molecule has 6 heteroatoms. The summed E-state index contributed by atoms with van der Waals surface area (Å²) < 4.78 is 0. The number of hydrogen-bond acceptors (Lipinski definition) is 5. The van der Waals surface area contributed by atoms with Crippen LogP contribution in [0.15, 0.2) is 48.7 Å². The summed E-state index contributed by atoms with van der Waals surface area (Å²) in [7, 11) is 0. The van der Waals surface area contributed by atoms with Crippen molar-refractivity contribution in [2.24, 2.45) is 0 Å². The summed E-state index contributed by atoms with van der Waals surface area (Å²) in [6.07, 6.45) is 1.73. The lowest BCUT2D eigenvalue weighted by Gasteiger charge is -2.06. The Hall–Kier alpha value is -2.60. The minimum absolute atomic E-state index is 0.593. The van der Waals surface area contributed by atoms with E-state index in [0.29, 0.717) is 11.6 Å². The Morgan fingerprint density at radius 2 is 1.95 bits per heavy atom. The van der Waals surface area contributed by atoms with Gasteiger partial charge in [0.1, 0.15) is 0 Å². The highest BCUT2D eigenvalue weighted by molar-refractivity contribution is 5.53. The number of benzene rings is 1. The number of rotatable bonds is 5. The number of nitrogens with one attached hydrogen (secondary N) is 1. The third-order valence-corrected chi connectivity index (χ3v) is 3.07. The fourth-order valence-corrected chi connectivity index (χ4v) is 2.01. The van der Waals surface area contributed by atoms with Crippen LogP contribution in [0.1, 0.15) is 12.5 Å². The van der Waals surface area contributed by atoms with Gasteiger partial charge in [0.15, 0.2) is 5.82 Å². The van der Waals surface area contributed by atoms with E-state index in [1.807, 2.05) is 42.5 Å². The molecule has 106 valence electrons. The third kappa shape index (κ3) is 2.95. The highest BCUT2D eigenvalue weighted by Crippen LogP contribution is 2.14. The van der Waals surface area contributed by atoms with Crippen molar-refractivity contribution < 1.29 is 0 Å². The van der Waals surface area contributed by atoms with Crippen molar-refractivity contribution in [3.8, 4) is 17.2 Å². The Bertz CT molecular complexity index is 707. The fourth-order valence-electron chi connectivity index (χ4n) is 2.01. The van der Waals surface area contributed by atoms with Gasteiger partial charge < -0.3 is 5.32 Å². The standard InChI is InChI=1S/C15H16N6/c1-2-16-11-13-9-6-10-17-15(13)21-19-14(18-20-21)12-7-4-3-5-8-12/h3-10,16H,2,11H2,1H3. The molecule has 21 heavy (non-hydrogen) atoms. The van der Waals surface area contributed by atoms with E-state index in [1.54, 1.807) is 6.20 Å². The molecule has 2 aromatic heterocycles. The van der Waals surface area contributed by atoms with Gasteiger partial charge in [-0.15, -0.1) is 15.0 Å². The molecule has 0 unspecified atom stereocenters. The molecule has 3 aromatic rings. The normalized spacial score (nSPS) is 10.7. The molecule has 1 N–H and O–H groups in total. The van der Waals surface area contributed by atoms with Gasteiger partial charge in [0.2, 0.25) is 5.82 Å². The van der Waals surface area contributed by atoms with Gasteiger partial charge in [-0.1, -0.05) is 43.3 Å². The Labute approximate surface area is 122 Å². The van der Waals surface area contributed by atoms with E-state index in [9.17, 15) is 0 Å². The van der Waals surface area contributed by atoms with Gasteiger partial charge in [0.05, 0.1) is 0 Å². The quantitative estimate of drug-likeness (QED) is 0.772. The van der Waals surface area contributed by atoms with Crippen molar-refractivity contribution in [2.45, 2.75) is 13.5 Å². The van der Waals surface area contributed by atoms with E-state index in [2.05, 4.69) is 32.6 Å². The van der Waals surface area contributed by atoms with Crippen LogP contribution in [0.5, 0.6) is 0 Å². The van der Waals surface area contributed by atoms with Crippen molar-refractivity contribution in [1.29, 1.82) is 0 Å². The van der Waals surface area contributed by atoms with Crippen molar-refractivity contribution in [2.75, 3.05) is 6.54 Å². The van der Waals surface area contributed by atoms with E-state index in [0.717, 1.165) is 24.2 Å². The molecule has 0 aliphatic heterocycles. The van der Waals surface area contributed by atoms with Crippen LogP contribution in [-0.4, -0.2) is 31.7 Å². The lowest BCUT2D eigenvalue weighted by molar-refractivity contribution is 0.667. The zero-order valence-electron chi connectivity index (χ0n) is 11.8. The van der Waals surface area contributed by atoms with Gasteiger partial charge in [-0.25, -0.2) is 4.98 Å². The molecule has 0 bridgehead atoms. The van der Waals surface area contributed by atoms with E-state index < -0.39 is 0 Å². The van der Waals surface area contributed by atoms with E-state index in [1.165, 1.54) is 4.80 Å². The maximum atomic E-state index is 4.42. The molecule has 0 atom stereocenters. The molecule has 2 heterocycles. The maximum absolute atomic E-state index is 4.42. The Kier molecular flexibility index (Phi) is 3.97. The number of aromatic nitrogens is 5. The first-order valence-corrected chi connectivity index (χ1v) is 6.89. The summed E-state index contributed by atoms with van der Waals surface area (Å²) in [6.45, 7) is 3.69. The smallest absolute Gasteiger partial charge is 0.205 e. The highest BCUT2D eigenvalue weighted by atomic mass is 15.6. The lowest BCUT2D eigenvalue weighted by atomic mass is 10.2. The van der Waals surface area contributed by atoms with Crippen LogP contribution in [0, 0.1) is 0 Å².